The molecule has 0 spiro atoms. The van der Waals surface area contributed by atoms with Gasteiger partial charge in [-0.25, -0.2) is 4.39 Å². The van der Waals surface area contributed by atoms with E-state index in [0.717, 1.165) is 5.56 Å². The second kappa shape index (κ2) is 8.68. The molecule has 142 valence electrons. The summed E-state index contributed by atoms with van der Waals surface area (Å²) in [6, 6.07) is 13.9. The van der Waals surface area contributed by atoms with Gasteiger partial charge in [-0.15, -0.1) is 0 Å². The number of hydrogen-bond acceptors (Lipinski definition) is 5. The quantitative estimate of drug-likeness (QED) is 0.540. The van der Waals surface area contributed by atoms with E-state index in [9.17, 15) is 9.18 Å². The maximum absolute atomic E-state index is 13.4. The molecule has 0 radical (unpaired) electrons. The molecule has 1 aromatic heterocycles. The van der Waals surface area contributed by atoms with Gasteiger partial charge in [0, 0.05) is 18.1 Å². The van der Waals surface area contributed by atoms with Crippen LogP contribution in [-0.4, -0.2) is 17.8 Å². The fourth-order valence-corrected chi connectivity index (χ4v) is 2.97. The van der Waals surface area contributed by atoms with E-state index < -0.39 is 5.82 Å². The van der Waals surface area contributed by atoms with E-state index in [2.05, 4.69) is 11.1 Å². The maximum atomic E-state index is 13.4. The van der Waals surface area contributed by atoms with Gasteiger partial charge in [-0.1, -0.05) is 29.8 Å². The first-order valence-electron chi connectivity index (χ1n) is 8.60. The highest BCUT2D eigenvalue weighted by atomic mass is 35.5. The Labute approximate surface area is 167 Å². The second-order valence-electron chi connectivity index (χ2n) is 6.27. The lowest BCUT2D eigenvalue weighted by Crippen LogP contribution is -2.26. The summed E-state index contributed by atoms with van der Waals surface area (Å²) in [6.45, 7) is 2.54. The van der Waals surface area contributed by atoms with E-state index in [1.807, 2.05) is 17.0 Å². The van der Waals surface area contributed by atoms with Gasteiger partial charge in [0.1, 0.15) is 17.3 Å². The number of rotatable bonds is 7. The van der Waals surface area contributed by atoms with Crippen LogP contribution in [0.1, 0.15) is 32.9 Å². The number of aryl methyl sites for hydroxylation is 1. The van der Waals surface area contributed by atoms with Crippen LogP contribution in [0.15, 0.2) is 46.9 Å². The summed E-state index contributed by atoms with van der Waals surface area (Å²) in [5.41, 5.74) is 2.58. The van der Waals surface area contributed by atoms with Gasteiger partial charge >= 0.3 is 0 Å². The second-order valence-corrected chi connectivity index (χ2v) is 6.68. The Morgan fingerprint density at radius 1 is 1.29 bits per heavy atom. The highest BCUT2D eigenvalue weighted by molar-refractivity contribution is 6.31. The molecule has 0 saturated carbocycles. The molecule has 0 aliphatic heterocycles. The zero-order chi connectivity index (χ0) is 20.1. The zero-order valence-electron chi connectivity index (χ0n) is 15.2. The lowest BCUT2D eigenvalue weighted by atomic mass is 10.1. The highest BCUT2D eigenvalue weighted by Crippen LogP contribution is 2.24. The predicted octanol–water partition coefficient (Wildman–Crippen LogP) is 4.71. The van der Waals surface area contributed by atoms with Crippen molar-refractivity contribution >= 4 is 23.9 Å². The fourth-order valence-electron chi connectivity index (χ4n) is 2.75. The van der Waals surface area contributed by atoms with Crippen molar-refractivity contribution < 1.29 is 13.6 Å². The number of halogens is 2. The van der Waals surface area contributed by atoms with Gasteiger partial charge < -0.3 is 9.32 Å². The molecule has 0 atom stereocenters. The first-order valence-corrected chi connectivity index (χ1v) is 8.98. The number of nitriles is 1. The molecule has 1 heterocycles. The Morgan fingerprint density at radius 2 is 2.04 bits per heavy atom. The molecular weight excluding hydrogens is 381 g/mol. The van der Waals surface area contributed by atoms with E-state index in [-0.39, 0.29) is 5.69 Å². The van der Waals surface area contributed by atoms with Crippen molar-refractivity contribution in [2.75, 3.05) is 11.4 Å². The Bertz CT molecular complexity index is 1030. The zero-order valence-corrected chi connectivity index (χ0v) is 15.9. The maximum Gasteiger partial charge on any atom is 0.298 e. The summed E-state index contributed by atoms with van der Waals surface area (Å²) in [7, 11) is 0. The average molecular weight is 398 g/mol. The molecule has 0 aliphatic rings. The first kappa shape index (κ1) is 19.6. The number of aldehydes is 1. The number of oxazole rings is 1. The van der Waals surface area contributed by atoms with Crippen molar-refractivity contribution in [3.05, 3.63) is 81.4 Å². The van der Waals surface area contributed by atoms with Gasteiger partial charge in [-0.2, -0.15) is 10.2 Å². The van der Waals surface area contributed by atoms with Gasteiger partial charge in [0.25, 0.3) is 6.01 Å². The number of benzene rings is 2. The van der Waals surface area contributed by atoms with Crippen LogP contribution in [0.5, 0.6) is 0 Å². The SMILES string of the molecule is Cc1oc(N(CCc2ccc(C#N)cc2)Cc2ccc(F)cc2Cl)nc1C=O. The third-order valence-electron chi connectivity index (χ3n) is 4.33. The summed E-state index contributed by atoms with van der Waals surface area (Å²) in [5, 5.41) is 9.22. The van der Waals surface area contributed by atoms with Crippen LogP contribution in [0.4, 0.5) is 10.4 Å². The van der Waals surface area contributed by atoms with Gasteiger partial charge in [0.05, 0.1) is 11.6 Å². The van der Waals surface area contributed by atoms with Crippen LogP contribution in [0.2, 0.25) is 5.02 Å². The number of hydrogen-bond donors (Lipinski definition) is 0. The van der Waals surface area contributed by atoms with E-state index in [0.29, 0.717) is 53.7 Å². The number of anilines is 1. The molecule has 7 heteroatoms. The van der Waals surface area contributed by atoms with Crippen LogP contribution >= 0.6 is 11.6 Å². The van der Waals surface area contributed by atoms with Crippen molar-refractivity contribution in [3.8, 4) is 6.07 Å². The molecule has 28 heavy (non-hydrogen) atoms. The minimum absolute atomic E-state index is 0.239. The first-order chi connectivity index (χ1) is 13.5. The molecule has 0 N–H and O–H groups in total. The van der Waals surface area contributed by atoms with Gasteiger partial charge in [-0.05, 0) is 48.7 Å². The summed E-state index contributed by atoms with van der Waals surface area (Å²) in [5.74, 6) is 0.0201. The lowest BCUT2D eigenvalue weighted by molar-refractivity contribution is 0.111. The van der Waals surface area contributed by atoms with E-state index >= 15 is 0 Å². The molecule has 0 saturated heterocycles. The lowest BCUT2D eigenvalue weighted by Gasteiger charge is -2.21. The van der Waals surface area contributed by atoms with Crippen LogP contribution < -0.4 is 4.90 Å². The van der Waals surface area contributed by atoms with Gasteiger partial charge in [0.2, 0.25) is 0 Å². The minimum Gasteiger partial charge on any atom is -0.428 e. The summed E-state index contributed by atoms with van der Waals surface area (Å²) in [4.78, 5) is 17.2. The van der Waals surface area contributed by atoms with Crippen molar-refractivity contribution in [2.24, 2.45) is 0 Å². The average Bonchev–Trinajstić information content (AvgIpc) is 3.07. The summed E-state index contributed by atoms with van der Waals surface area (Å²) < 4.78 is 19.0. The largest absolute Gasteiger partial charge is 0.428 e. The third-order valence-corrected chi connectivity index (χ3v) is 4.68. The summed E-state index contributed by atoms with van der Waals surface area (Å²) >= 11 is 6.17. The smallest absolute Gasteiger partial charge is 0.298 e. The molecule has 2 aromatic carbocycles. The monoisotopic (exact) mass is 397 g/mol. The molecule has 0 bridgehead atoms. The van der Waals surface area contributed by atoms with Gasteiger partial charge in [0.15, 0.2) is 6.29 Å². The molecule has 0 amide bonds. The molecule has 3 aromatic rings. The number of nitrogens with zero attached hydrogens (tertiary/aromatic N) is 3. The van der Waals surface area contributed by atoms with Crippen LogP contribution in [0, 0.1) is 24.1 Å². The van der Waals surface area contributed by atoms with Gasteiger partial charge in [-0.3, -0.25) is 4.79 Å². The van der Waals surface area contributed by atoms with E-state index in [1.165, 1.54) is 12.1 Å². The van der Waals surface area contributed by atoms with Crippen LogP contribution in [0.25, 0.3) is 0 Å². The Morgan fingerprint density at radius 3 is 2.64 bits per heavy atom. The molecule has 0 fully saturated rings. The third kappa shape index (κ3) is 4.56. The topological polar surface area (TPSA) is 70.1 Å². The fraction of sp³-hybridized carbons (Fsp3) is 0.190. The van der Waals surface area contributed by atoms with E-state index in [1.54, 1.807) is 25.1 Å². The number of carbonyl (C=O) groups excluding carboxylic acids is 1. The van der Waals surface area contributed by atoms with E-state index in [4.69, 9.17) is 21.3 Å². The van der Waals surface area contributed by atoms with Crippen LogP contribution in [0.3, 0.4) is 0 Å². The minimum atomic E-state index is -0.409. The highest BCUT2D eigenvalue weighted by Gasteiger charge is 2.18. The Balaban J connectivity index is 1.84. The van der Waals surface area contributed by atoms with Crippen molar-refractivity contribution in [2.45, 2.75) is 19.9 Å². The Hall–Kier alpha value is -3.17. The molecule has 0 aliphatic carbocycles. The number of aromatic nitrogens is 1. The molecular formula is C21H17ClFN3O2. The molecule has 5 nitrogen and oxygen atoms in total. The molecule has 0 unspecified atom stereocenters. The van der Waals surface area contributed by atoms with Crippen molar-refractivity contribution in [1.29, 1.82) is 5.26 Å². The standard InChI is InChI=1S/C21H17ClFN3O2/c1-14-20(13-27)25-21(28-14)26(12-17-6-7-18(23)10-19(17)22)9-8-15-2-4-16(11-24)5-3-15/h2-7,10,13H,8-9,12H2,1H3. The van der Waals surface area contributed by atoms with Crippen molar-refractivity contribution in [1.82, 2.24) is 4.98 Å². The number of carbonyl (C=O) groups is 1. The molecule has 3 rings (SSSR count). The summed E-state index contributed by atoms with van der Waals surface area (Å²) in [6.07, 6.45) is 1.30. The predicted molar refractivity (Wildman–Crippen MR) is 104 cm³/mol. The van der Waals surface area contributed by atoms with Crippen LogP contribution in [-0.2, 0) is 13.0 Å². The Kier molecular flexibility index (Phi) is 6.07. The normalized spacial score (nSPS) is 10.5. The van der Waals surface area contributed by atoms with Crippen molar-refractivity contribution in [3.63, 3.8) is 0 Å².